The molecule has 0 aliphatic carbocycles. The maximum Gasteiger partial charge on any atom is 0.281 e. The zero-order valence-corrected chi connectivity index (χ0v) is 17.1. The standard InChI is InChI=1S/C19H25N5O3S/c1-19(2,3)14-10-9-13(17(21-14)24-11-4-5-12-24)18(25)23-28(26,27)16-8-6-7-15(20)22-16/h6-10H,4-5,11-12H2,1-3H3,(H2,20,22)(H,23,25). The quantitative estimate of drug-likeness (QED) is 0.802. The van der Waals surface area contributed by atoms with Gasteiger partial charge in [0.05, 0.1) is 5.56 Å². The Hall–Kier alpha value is -2.68. The van der Waals surface area contributed by atoms with Crippen LogP contribution >= 0.6 is 0 Å². The highest BCUT2D eigenvalue weighted by Gasteiger charge is 2.27. The summed E-state index contributed by atoms with van der Waals surface area (Å²) in [6, 6.07) is 7.63. The van der Waals surface area contributed by atoms with Crippen molar-refractivity contribution in [3.05, 3.63) is 41.6 Å². The molecule has 1 aliphatic heterocycles. The van der Waals surface area contributed by atoms with Crippen LogP contribution in [0.3, 0.4) is 0 Å². The SMILES string of the molecule is CC(C)(C)c1ccc(C(=O)NS(=O)(=O)c2cccc(N)n2)c(N2CCCC2)n1. The first-order valence-corrected chi connectivity index (χ1v) is 10.6. The Labute approximate surface area is 165 Å². The second-order valence-corrected chi connectivity index (χ2v) is 9.48. The lowest BCUT2D eigenvalue weighted by Gasteiger charge is -2.24. The lowest BCUT2D eigenvalue weighted by Crippen LogP contribution is -2.33. The summed E-state index contributed by atoms with van der Waals surface area (Å²) in [5.74, 6) is -0.165. The van der Waals surface area contributed by atoms with Gasteiger partial charge >= 0.3 is 0 Å². The highest BCUT2D eigenvalue weighted by molar-refractivity contribution is 7.90. The van der Waals surface area contributed by atoms with Gasteiger partial charge in [0, 0.05) is 24.2 Å². The van der Waals surface area contributed by atoms with E-state index in [1.165, 1.54) is 18.2 Å². The molecular formula is C19H25N5O3S. The molecule has 0 unspecified atom stereocenters. The van der Waals surface area contributed by atoms with Crippen LogP contribution in [-0.2, 0) is 15.4 Å². The maximum atomic E-state index is 12.8. The average Bonchev–Trinajstić information content (AvgIpc) is 3.14. The van der Waals surface area contributed by atoms with Crippen molar-refractivity contribution in [3.63, 3.8) is 0 Å². The molecule has 1 fully saturated rings. The number of anilines is 2. The third-order valence-corrected chi connectivity index (χ3v) is 5.77. The number of carbonyl (C=O) groups is 1. The van der Waals surface area contributed by atoms with E-state index in [1.807, 2.05) is 25.7 Å². The predicted octanol–water partition coefficient (Wildman–Crippen LogP) is 2.08. The Morgan fingerprint density at radius 2 is 1.79 bits per heavy atom. The molecule has 3 N–H and O–H groups in total. The van der Waals surface area contributed by atoms with Gasteiger partial charge in [0.15, 0.2) is 5.03 Å². The maximum absolute atomic E-state index is 12.8. The van der Waals surface area contributed by atoms with Gasteiger partial charge in [-0.3, -0.25) is 4.79 Å². The van der Waals surface area contributed by atoms with E-state index in [0.29, 0.717) is 5.82 Å². The fourth-order valence-electron chi connectivity index (χ4n) is 3.02. The summed E-state index contributed by atoms with van der Waals surface area (Å²) >= 11 is 0. The summed E-state index contributed by atoms with van der Waals surface area (Å²) in [5, 5.41) is -0.303. The minimum Gasteiger partial charge on any atom is -0.384 e. The van der Waals surface area contributed by atoms with Crippen molar-refractivity contribution in [2.45, 2.75) is 44.1 Å². The zero-order chi connectivity index (χ0) is 20.5. The highest BCUT2D eigenvalue weighted by atomic mass is 32.2. The van der Waals surface area contributed by atoms with Gasteiger partial charge in [-0.2, -0.15) is 8.42 Å². The van der Waals surface area contributed by atoms with Crippen LogP contribution in [0.5, 0.6) is 0 Å². The summed E-state index contributed by atoms with van der Waals surface area (Å²) in [6.07, 6.45) is 2.02. The number of amides is 1. The molecule has 1 saturated heterocycles. The van der Waals surface area contributed by atoms with Crippen molar-refractivity contribution in [3.8, 4) is 0 Å². The van der Waals surface area contributed by atoms with Gasteiger partial charge in [-0.15, -0.1) is 0 Å². The topological polar surface area (TPSA) is 118 Å². The number of rotatable bonds is 4. The summed E-state index contributed by atoms with van der Waals surface area (Å²) < 4.78 is 27.2. The van der Waals surface area contributed by atoms with Crippen molar-refractivity contribution in [1.82, 2.24) is 14.7 Å². The number of nitrogen functional groups attached to an aromatic ring is 1. The van der Waals surface area contributed by atoms with E-state index >= 15 is 0 Å². The number of sulfonamides is 1. The molecule has 0 bridgehead atoms. The van der Waals surface area contributed by atoms with Gasteiger partial charge in [-0.25, -0.2) is 14.7 Å². The number of nitrogens with zero attached hydrogens (tertiary/aromatic N) is 3. The Bertz CT molecular complexity index is 993. The third kappa shape index (κ3) is 4.24. The van der Waals surface area contributed by atoms with Crippen molar-refractivity contribution in [2.24, 2.45) is 0 Å². The van der Waals surface area contributed by atoms with Crippen LogP contribution in [-0.4, -0.2) is 37.4 Å². The second kappa shape index (κ2) is 7.38. The number of nitrogens with one attached hydrogen (secondary N) is 1. The van der Waals surface area contributed by atoms with Crippen LogP contribution < -0.4 is 15.4 Å². The molecule has 2 aromatic rings. The van der Waals surface area contributed by atoms with E-state index < -0.39 is 15.9 Å². The number of aromatic nitrogens is 2. The van der Waals surface area contributed by atoms with Gasteiger partial charge in [-0.1, -0.05) is 26.8 Å². The molecular weight excluding hydrogens is 378 g/mol. The van der Waals surface area contributed by atoms with E-state index in [0.717, 1.165) is 31.6 Å². The van der Waals surface area contributed by atoms with Crippen LogP contribution in [0.15, 0.2) is 35.4 Å². The summed E-state index contributed by atoms with van der Waals surface area (Å²) in [6.45, 7) is 7.69. The molecule has 2 aromatic heterocycles. The zero-order valence-electron chi connectivity index (χ0n) is 16.3. The number of pyridine rings is 2. The van der Waals surface area contributed by atoms with Gasteiger partial charge in [0.25, 0.3) is 15.9 Å². The van der Waals surface area contributed by atoms with Gasteiger partial charge in [0.1, 0.15) is 11.6 Å². The third-order valence-electron chi connectivity index (χ3n) is 4.54. The molecule has 0 aromatic carbocycles. The molecule has 0 radical (unpaired) electrons. The number of hydrogen-bond donors (Lipinski definition) is 2. The molecule has 1 amide bonds. The molecule has 28 heavy (non-hydrogen) atoms. The van der Waals surface area contributed by atoms with Crippen molar-refractivity contribution >= 4 is 27.6 Å². The molecule has 1 aliphatic rings. The fourth-order valence-corrected chi connectivity index (χ4v) is 3.96. The highest BCUT2D eigenvalue weighted by Crippen LogP contribution is 2.28. The first-order chi connectivity index (χ1) is 13.1. The Kier molecular flexibility index (Phi) is 5.29. The summed E-state index contributed by atoms with van der Waals surface area (Å²) in [4.78, 5) is 23.3. The predicted molar refractivity (Wildman–Crippen MR) is 108 cm³/mol. The fraction of sp³-hybridized carbons (Fsp3) is 0.421. The first-order valence-electron chi connectivity index (χ1n) is 9.14. The van der Waals surface area contributed by atoms with E-state index in [9.17, 15) is 13.2 Å². The minimum absolute atomic E-state index is 0.0595. The van der Waals surface area contributed by atoms with E-state index in [-0.39, 0.29) is 21.8 Å². The van der Waals surface area contributed by atoms with E-state index in [4.69, 9.17) is 10.7 Å². The van der Waals surface area contributed by atoms with Crippen LogP contribution in [0, 0.1) is 0 Å². The molecule has 8 nitrogen and oxygen atoms in total. The van der Waals surface area contributed by atoms with Gasteiger partial charge < -0.3 is 10.6 Å². The lowest BCUT2D eigenvalue weighted by atomic mass is 9.91. The number of nitrogens with two attached hydrogens (primary N) is 1. The monoisotopic (exact) mass is 403 g/mol. The summed E-state index contributed by atoms with van der Waals surface area (Å²) in [5.41, 5.74) is 6.43. The first kappa shape index (κ1) is 20.1. The normalized spacial score (nSPS) is 14.9. The van der Waals surface area contributed by atoms with Crippen LogP contribution in [0.4, 0.5) is 11.6 Å². The molecule has 0 spiro atoms. The van der Waals surface area contributed by atoms with Crippen molar-refractivity contribution in [1.29, 1.82) is 0 Å². The average molecular weight is 404 g/mol. The molecule has 3 heterocycles. The lowest BCUT2D eigenvalue weighted by molar-refractivity contribution is 0.0981. The molecule has 9 heteroatoms. The molecule has 3 rings (SSSR count). The van der Waals surface area contributed by atoms with E-state index in [1.54, 1.807) is 12.1 Å². The second-order valence-electron chi connectivity index (χ2n) is 7.85. The molecule has 150 valence electrons. The van der Waals surface area contributed by atoms with E-state index in [2.05, 4.69) is 9.71 Å². The number of carbonyl (C=O) groups excluding carboxylic acids is 1. The largest absolute Gasteiger partial charge is 0.384 e. The molecule has 0 saturated carbocycles. The summed E-state index contributed by atoms with van der Waals surface area (Å²) in [7, 11) is -4.15. The Balaban J connectivity index is 1.96. The Morgan fingerprint density at radius 3 is 2.39 bits per heavy atom. The van der Waals surface area contributed by atoms with Crippen LogP contribution in [0.1, 0.15) is 49.7 Å². The minimum atomic E-state index is -4.15. The van der Waals surface area contributed by atoms with Crippen molar-refractivity contribution in [2.75, 3.05) is 23.7 Å². The van der Waals surface area contributed by atoms with Gasteiger partial charge in [-0.05, 0) is 37.1 Å². The molecule has 0 atom stereocenters. The smallest absolute Gasteiger partial charge is 0.281 e. The Morgan fingerprint density at radius 1 is 1.11 bits per heavy atom. The van der Waals surface area contributed by atoms with Gasteiger partial charge in [0.2, 0.25) is 0 Å². The van der Waals surface area contributed by atoms with Crippen molar-refractivity contribution < 1.29 is 13.2 Å². The number of hydrogen-bond acceptors (Lipinski definition) is 7. The van der Waals surface area contributed by atoms with Crippen LogP contribution in [0.25, 0.3) is 0 Å². The van der Waals surface area contributed by atoms with Crippen LogP contribution in [0.2, 0.25) is 0 Å².